The molecule has 0 bridgehead atoms. The van der Waals surface area contributed by atoms with Gasteiger partial charge in [-0.3, -0.25) is 4.79 Å². The first-order valence-corrected chi connectivity index (χ1v) is 5.52. The molecular formula is C9H13LiN2O2S. The zero-order chi connectivity index (χ0) is 9.97. The van der Waals surface area contributed by atoms with E-state index in [0.29, 0.717) is 0 Å². The van der Waals surface area contributed by atoms with Crippen molar-refractivity contribution < 1.29 is 30.2 Å². The van der Waals surface area contributed by atoms with Gasteiger partial charge in [0.25, 0.3) is 0 Å². The summed E-state index contributed by atoms with van der Waals surface area (Å²) in [6.45, 7) is 1.62. The van der Waals surface area contributed by atoms with Crippen molar-refractivity contribution >= 4 is 22.4 Å². The van der Waals surface area contributed by atoms with E-state index in [1.165, 1.54) is 0 Å². The molecule has 1 aliphatic rings. The number of thiazole rings is 1. The Morgan fingerprint density at radius 2 is 2.27 bits per heavy atom. The fourth-order valence-electron chi connectivity index (χ4n) is 1.69. The second-order valence-corrected chi connectivity index (χ2v) is 4.29. The van der Waals surface area contributed by atoms with Gasteiger partial charge in [-0.05, 0) is 12.8 Å². The van der Waals surface area contributed by atoms with Crippen LogP contribution in [0.1, 0.15) is 14.3 Å². The maximum absolute atomic E-state index is 10.7. The predicted molar refractivity (Wildman–Crippen MR) is 55.8 cm³/mol. The molecule has 0 amide bonds. The van der Waals surface area contributed by atoms with E-state index in [9.17, 15) is 4.79 Å². The standard InChI is InChI=1S/C9H12N2O2S.Li.H/c12-8(13)7-1-4-11(5-2-7)9-10-3-6-14-9;;/h3,6-7H,1-2,4-5H2,(H,12,13);;/q;+1;-1. The molecule has 1 saturated heterocycles. The average Bonchev–Trinajstić information content (AvgIpc) is 2.71. The third-order valence-corrected chi connectivity index (χ3v) is 3.37. The van der Waals surface area contributed by atoms with Gasteiger partial charge in [0.05, 0.1) is 5.92 Å². The number of rotatable bonds is 2. The Morgan fingerprint density at radius 1 is 1.60 bits per heavy atom. The number of carboxylic acid groups (broad SMARTS) is 1. The van der Waals surface area contributed by atoms with Crippen molar-refractivity contribution in [2.75, 3.05) is 18.0 Å². The molecule has 1 fully saturated rings. The Hall–Kier alpha value is -0.503. The Balaban J connectivity index is 0.00000112. The van der Waals surface area contributed by atoms with Crippen LogP contribution in [0.5, 0.6) is 0 Å². The van der Waals surface area contributed by atoms with Crippen LogP contribution in [0.2, 0.25) is 0 Å². The van der Waals surface area contributed by atoms with E-state index in [1.807, 2.05) is 5.38 Å². The third kappa shape index (κ3) is 2.97. The number of carboxylic acids is 1. The number of hydrogen-bond donors (Lipinski definition) is 1. The molecule has 0 unspecified atom stereocenters. The van der Waals surface area contributed by atoms with Crippen LogP contribution in [0.3, 0.4) is 0 Å². The van der Waals surface area contributed by atoms with E-state index in [2.05, 4.69) is 9.88 Å². The first kappa shape index (κ1) is 12.6. The monoisotopic (exact) mass is 220 g/mol. The molecule has 1 aliphatic heterocycles. The Bertz CT molecular complexity index is 315. The number of carbonyl (C=O) groups is 1. The van der Waals surface area contributed by atoms with Gasteiger partial charge >= 0.3 is 24.8 Å². The van der Waals surface area contributed by atoms with Crippen molar-refractivity contribution in [3.8, 4) is 0 Å². The smallest absolute Gasteiger partial charge is 1.00 e. The van der Waals surface area contributed by atoms with Crippen molar-refractivity contribution in [3.05, 3.63) is 11.6 Å². The zero-order valence-corrected chi connectivity index (χ0v) is 9.54. The fourth-order valence-corrected chi connectivity index (χ4v) is 2.39. The van der Waals surface area contributed by atoms with Crippen LogP contribution < -0.4 is 23.8 Å². The molecule has 4 nitrogen and oxygen atoms in total. The van der Waals surface area contributed by atoms with Crippen LogP contribution >= 0.6 is 11.3 Å². The number of hydrogen-bond acceptors (Lipinski definition) is 4. The van der Waals surface area contributed by atoms with E-state index in [4.69, 9.17) is 5.11 Å². The van der Waals surface area contributed by atoms with Crippen LogP contribution in [-0.2, 0) is 4.79 Å². The summed E-state index contributed by atoms with van der Waals surface area (Å²) in [5.74, 6) is -0.824. The van der Waals surface area contributed by atoms with Gasteiger partial charge in [-0.2, -0.15) is 0 Å². The van der Waals surface area contributed by atoms with Crippen molar-refractivity contribution in [1.29, 1.82) is 0 Å². The Labute approximate surface area is 106 Å². The summed E-state index contributed by atoms with van der Waals surface area (Å²) >= 11 is 1.61. The summed E-state index contributed by atoms with van der Waals surface area (Å²) in [7, 11) is 0. The summed E-state index contributed by atoms with van der Waals surface area (Å²) in [4.78, 5) is 17.1. The van der Waals surface area contributed by atoms with E-state index in [1.54, 1.807) is 17.5 Å². The van der Waals surface area contributed by atoms with Crippen LogP contribution in [0.15, 0.2) is 11.6 Å². The molecule has 2 heterocycles. The molecule has 0 aliphatic carbocycles. The molecule has 0 atom stereocenters. The largest absolute Gasteiger partial charge is 1.00 e. The van der Waals surface area contributed by atoms with Gasteiger partial charge in [-0.15, -0.1) is 11.3 Å². The Morgan fingerprint density at radius 3 is 2.73 bits per heavy atom. The van der Waals surface area contributed by atoms with Gasteiger partial charge in [0.1, 0.15) is 0 Å². The molecule has 2 rings (SSSR count). The summed E-state index contributed by atoms with van der Waals surface area (Å²) in [5.41, 5.74) is 0. The molecule has 0 radical (unpaired) electrons. The second-order valence-electron chi connectivity index (χ2n) is 3.41. The van der Waals surface area contributed by atoms with Crippen LogP contribution in [-0.4, -0.2) is 29.1 Å². The van der Waals surface area contributed by atoms with Gasteiger partial charge in [0, 0.05) is 24.7 Å². The first-order valence-electron chi connectivity index (χ1n) is 4.64. The second kappa shape index (κ2) is 5.55. The van der Waals surface area contributed by atoms with E-state index >= 15 is 0 Å². The molecule has 1 aromatic rings. The SMILES string of the molecule is O=C(O)C1CCN(c2nccs2)CC1.[H-].[Li+]. The summed E-state index contributed by atoms with van der Waals surface area (Å²) < 4.78 is 0. The average molecular weight is 220 g/mol. The molecule has 0 aromatic carbocycles. The minimum atomic E-state index is -0.663. The molecule has 1 N–H and O–H groups in total. The van der Waals surface area contributed by atoms with Gasteiger partial charge in [0.15, 0.2) is 5.13 Å². The van der Waals surface area contributed by atoms with Crippen LogP contribution in [0.4, 0.5) is 5.13 Å². The fraction of sp³-hybridized carbons (Fsp3) is 0.556. The van der Waals surface area contributed by atoms with Gasteiger partial charge < -0.3 is 11.4 Å². The van der Waals surface area contributed by atoms with Gasteiger partial charge in [-0.1, -0.05) is 0 Å². The summed E-state index contributed by atoms with van der Waals surface area (Å²) in [6, 6.07) is 0. The van der Waals surface area contributed by atoms with E-state index in [-0.39, 0.29) is 26.2 Å². The summed E-state index contributed by atoms with van der Waals surface area (Å²) in [6.07, 6.45) is 3.24. The predicted octanol–water partition coefficient (Wildman–Crippen LogP) is -1.44. The number of aliphatic carboxylic acids is 1. The van der Waals surface area contributed by atoms with Crippen molar-refractivity contribution in [2.24, 2.45) is 5.92 Å². The maximum atomic E-state index is 10.7. The number of piperidine rings is 1. The summed E-state index contributed by atoms with van der Waals surface area (Å²) in [5, 5.41) is 11.8. The number of nitrogens with zero attached hydrogens (tertiary/aromatic N) is 2. The molecule has 78 valence electrons. The minimum absolute atomic E-state index is 0. The molecule has 6 heteroatoms. The molecular weight excluding hydrogens is 207 g/mol. The van der Waals surface area contributed by atoms with E-state index in [0.717, 1.165) is 31.1 Å². The van der Waals surface area contributed by atoms with E-state index < -0.39 is 5.97 Å². The van der Waals surface area contributed by atoms with Crippen molar-refractivity contribution in [3.63, 3.8) is 0 Å². The third-order valence-electron chi connectivity index (χ3n) is 2.53. The van der Waals surface area contributed by atoms with Crippen LogP contribution in [0.25, 0.3) is 0 Å². The number of aromatic nitrogens is 1. The molecule has 1 aromatic heterocycles. The van der Waals surface area contributed by atoms with Gasteiger partial charge in [0.2, 0.25) is 0 Å². The number of anilines is 1. The topological polar surface area (TPSA) is 53.4 Å². The molecule has 15 heavy (non-hydrogen) atoms. The van der Waals surface area contributed by atoms with Crippen molar-refractivity contribution in [1.82, 2.24) is 4.98 Å². The quantitative estimate of drug-likeness (QED) is 0.620. The minimum Gasteiger partial charge on any atom is -1.00 e. The Kier molecular flexibility index (Phi) is 4.65. The first-order chi connectivity index (χ1) is 6.77. The van der Waals surface area contributed by atoms with Gasteiger partial charge in [-0.25, -0.2) is 4.98 Å². The zero-order valence-electron chi connectivity index (χ0n) is 9.72. The molecule has 0 spiro atoms. The normalized spacial score (nSPS) is 17.2. The van der Waals surface area contributed by atoms with Crippen LogP contribution in [0, 0.1) is 5.92 Å². The maximum Gasteiger partial charge on any atom is 1.00 e. The molecule has 0 saturated carbocycles. The van der Waals surface area contributed by atoms with Crippen molar-refractivity contribution in [2.45, 2.75) is 12.8 Å².